The average Bonchev–Trinajstić information content (AvgIpc) is 2.72. The molecular weight excluding hydrogens is 254 g/mol. The Bertz CT molecular complexity index is 528. The van der Waals surface area contributed by atoms with Crippen molar-refractivity contribution in [2.24, 2.45) is 7.05 Å². The van der Waals surface area contributed by atoms with Crippen molar-refractivity contribution >= 4 is 17.4 Å². The maximum absolute atomic E-state index is 5.91. The summed E-state index contributed by atoms with van der Waals surface area (Å²) in [7, 11) is 3.47. The van der Waals surface area contributed by atoms with Crippen LogP contribution < -0.4 is 5.32 Å². The summed E-state index contributed by atoms with van der Waals surface area (Å²) in [6.45, 7) is 0.968. The molecule has 2 aromatic heterocycles. The molecule has 6 nitrogen and oxygen atoms in total. The predicted octanol–water partition coefficient (Wildman–Crippen LogP) is 1.62. The Balaban J connectivity index is 2.04. The summed E-state index contributed by atoms with van der Waals surface area (Å²) in [6.07, 6.45) is 3.73. The van der Waals surface area contributed by atoms with Gasteiger partial charge in [-0.2, -0.15) is 5.10 Å². The Labute approximate surface area is 110 Å². The lowest BCUT2D eigenvalue weighted by atomic mass is 10.3. The smallest absolute Gasteiger partial charge is 0.158 e. The minimum absolute atomic E-state index is 0.335. The van der Waals surface area contributed by atoms with E-state index in [-0.39, 0.29) is 0 Å². The number of ether oxygens (including phenoxy) is 1. The lowest BCUT2D eigenvalue weighted by Gasteiger charge is -2.06. The fraction of sp³-hybridized carbons (Fsp3) is 0.364. The van der Waals surface area contributed by atoms with Gasteiger partial charge in [-0.3, -0.25) is 4.68 Å². The highest BCUT2D eigenvalue weighted by atomic mass is 35.5. The molecule has 0 aliphatic carbocycles. The molecule has 1 N–H and O–H groups in total. The summed E-state index contributed by atoms with van der Waals surface area (Å²) in [6, 6.07) is 1.68. The summed E-state index contributed by atoms with van der Waals surface area (Å²) >= 11 is 5.91. The van der Waals surface area contributed by atoms with Gasteiger partial charge in [-0.25, -0.2) is 9.97 Å². The summed E-state index contributed by atoms with van der Waals surface area (Å²) in [5.41, 5.74) is 1.07. The van der Waals surface area contributed by atoms with E-state index in [2.05, 4.69) is 20.4 Å². The van der Waals surface area contributed by atoms with Crippen LogP contribution in [0.4, 0.5) is 5.82 Å². The standard InChI is InChI=1S/C11H14ClN5O/c1-17-6-8(5-14-17)4-13-10-3-9(12)15-11(16-10)7-18-2/h3,5-6H,4,7H2,1-2H3,(H,13,15,16). The van der Waals surface area contributed by atoms with Gasteiger partial charge in [0.05, 0.1) is 6.20 Å². The summed E-state index contributed by atoms with van der Waals surface area (Å²) in [4.78, 5) is 8.34. The molecule has 0 radical (unpaired) electrons. The monoisotopic (exact) mass is 267 g/mol. The number of hydrogen-bond donors (Lipinski definition) is 1. The van der Waals surface area contributed by atoms with Crippen LogP contribution in [0.15, 0.2) is 18.5 Å². The maximum Gasteiger partial charge on any atom is 0.158 e. The van der Waals surface area contributed by atoms with Gasteiger partial charge < -0.3 is 10.1 Å². The molecule has 7 heteroatoms. The molecular formula is C11H14ClN5O. The Morgan fingerprint density at radius 3 is 2.94 bits per heavy atom. The van der Waals surface area contributed by atoms with Gasteiger partial charge in [0.2, 0.25) is 0 Å². The quantitative estimate of drug-likeness (QED) is 0.834. The van der Waals surface area contributed by atoms with Crippen molar-refractivity contribution in [3.63, 3.8) is 0 Å². The van der Waals surface area contributed by atoms with E-state index in [4.69, 9.17) is 16.3 Å². The van der Waals surface area contributed by atoms with Crippen molar-refractivity contribution in [3.8, 4) is 0 Å². The van der Waals surface area contributed by atoms with E-state index in [1.54, 1.807) is 24.1 Å². The van der Waals surface area contributed by atoms with Crippen LogP contribution in [-0.2, 0) is 24.9 Å². The molecule has 2 rings (SSSR count). The van der Waals surface area contributed by atoms with Crippen LogP contribution in [0.1, 0.15) is 11.4 Å². The molecule has 0 bridgehead atoms. The first-order chi connectivity index (χ1) is 8.67. The molecule has 0 spiro atoms. The number of nitrogens with zero attached hydrogens (tertiary/aromatic N) is 4. The fourth-order valence-corrected chi connectivity index (χ4v) is 1.71. The van der Waals surface area contributed by atoms with E-state index < -0.39 is 0 Å². The van der Waals surface area contributed by atoms with Crippen LogP contribution in [0.5, 0.6) is 0 Å². The molecule has 2 heterocycles. The number of halogens is 1. The topological polar surface area (TPSA) is 64.9 Å². The third-order valence-electron chi connectivity index (χ3n) is 2.25. The average molecular weight is 268 g/mol. The number of hydrogen-bond acceptors (Lipinski definition) is 5. The van der Waals surface area contributed by atoms with E-state index in [0.717, 1.165) is 5.56 Å². The molecule has 0 atom stereocenters. The highest BCUT2D eigenvalue weighted by Crippen LogP contribution is 2.13. The van der Waals surface area contributed by atoms with Crippen molar-refractivity contribution in [1.82, 2.24) is 19.7 Å². The van der Waals surface area contributed by atoms with Crippen LogP contribution >= 0.6 is 11.6 Å². The molecule has 0 amide bonds. The molecule has 0 fully saturated rings. The maximum atomic E-state index is 5.91. The molecule has 0 aliphatic rings. The van der Waals surface area contributed by atoms with E-state index >= 15 is 0 Å². The van der Waals surface area contributed by atoms with Gasteiger partial charge in [-0.15, -0.1) is 0 Å². The van der Waals surface area contributed by atoms with Crippen LogP contribution in [0.25, 0.3) is 0 Å². The Morgan fingerprint density at radius 2 is 2.28 bits per heavy atom. The Hall–Kier alpha value is -1.66. The van der Waals surface area contributed by atoms with Crippen molar-refractivity contribution in [1.29, 1.82) is 0 Å². The van der Waals surface area contributed by atoms with Gasteiger partial charge in [-0.1, -0.05) is 11.6 Å². The lowest BCUT2D eigenvalue weighted by Crippen LogP contribution is -2.05. The molecule has 0 saturated heterocycles. The van der Waals surface area contributed by atoms with Crippen LogP contribution in [0, 0.1) is 0 Å². The zero-order valence-corrected chi connectivity index (χ0v) is 11.0. The second-order valence-electron chi connectivity index (χ2n) is 3.80. The second kappa shape index (κ2) is 5.79. The Kier molecular flexibility index (Phi) is 4.11. The third-order valence-corrected chi connectivity index (χ3v) is 2.44. The van der Waals surface area contributed by atoms with Crippen LogP contribution in [0.3, 0.4) is 0 Å². The summed E-state index contributed by atoms with van der Waals surface area (Å²) < 4.78 is 6.73. The Morgan fingerprint density at radius 1 is 1.44 bits per heavy atom. The number of rotatable bonds is 5. The third kappa shape index (κ3) is 3.41. The van der Waals surface area contributed by atoms with E-state index in [1.165, 1.54) is 0 Å². The van der Waals surface area contributed by atoms with Crippen molar-refractivity contribution in [3.05, 3.63) is 35.0 Å². The first-order valence-corrected chi connectivity index (χ1v) is 5.79. The minimum Gasteiger partial charge on any atom is -0.377 e. The summed E-state index contributed by atoms with van der Waals surface area (Å²) in [5, 5.41) is 7.65. The van der Waals surface area contributed by atoms with E-state index in [1.807, 2.05) is 13.2 Å². The molecule has 0 aromatic carbocycles. The molecule has 18 heavy (non-hydrogen) atoms. The molecule has 96 valence electrons. The van der Waals surface area contributed by atoms with E-state index in [9.17, 15) is 0 Å². The van der Waals surface area contributed by atoms with Gasteiger partial charge in [0, 0.05) is 38.5 Å². The van der Waals surface area contributed by atoms with E-state index in [0.29, 0.717) is 29.9 Å². The number of anilines is 1. The van der Waals surface area contributed by atoms with Gasteiger partial charge in [0.25, 0.3) is 0 Å². The first kappa shape index (κ1) is 12.8. The summed E-state index contributed by atoms with van der Waals surface area (Å²) in [5.74, 6) is 1.23. The van der Waals surface area contributed by atoms with Crippen molar-refractivity contribution < 1.29 is 4.74 Å². The van der Waals surface area contributed by atoms with Gasteiger partial charge in [0.1, 0.15) is 17.6 Å². The van der Waals surface area contributed by atoms with Gasteiger partial charge in [-0.05, 0) is 0 Å². The lowest BCUT2D eigenvalue weighted by molar-refractivity contribution is 0.178. The van der Waals surface area contributed by atoms with Gasteiger partial charge >= 0.3 is 0 Å². The normalized spacial score (nSPS) is 10.6. The highest BCUT2D eigenvalue weighted by Gasteiger charge is 2.03. The first-order valence-electron chi connectivity index (χ1n) is 5.41. The second-order valence-corrected chi connectivity index (χ2v) is 4.19. The number of aromatic nitrogens is 4. The largest absolute Gasteiger partial charge is 0.377 e. The van der Waals surface area contributed by atoms with Crippen molar-refractivity contribution in [2.45, 2.75) is 13.2 Å². The number of aryl methyl sites for hydroxylation is 1. The zero-order valence-electron chi connectivity index (χ0n) is 10.2. The molecule has 0 saturated carbocycles. The zero-order chi connectivity index (χ0) is 13.0. The SMILES string of the molecule is COCc1nc(Cl)cc(NCc2cnn(C)c2)n1. The molecule has 0 unspecified atom stereocenters. The van der Waals surface area contributed by atoms with Crippen molar-refractivity contribution in [2.75, 3.05) is 12.4 Å². The van der Waals surface area contributed by atoms with Crippen LogP contribution in [0.2, 0.25) is 5.15 Å². The number of nitrogens with one attached hydrogen (secondary N) is 1. The molecule has 2 aromatic rings. The predicted molar refractivity (Wildman–Crippen MR) is 68.3 cm³/mol. The van der Waals surface area contributed by atoms with Gasteiger partial charge in [0.15, 0.2) is 5.82 Å². The highest BCUT2D eigenvalue weighted by molar-refractivity contribution is 6.29. The minimum atomic E-state index is 0.335. The van der Waals surface area contributed by atoms with Crippen LogP contribution in [-0.4, -0.2) is 26.9 Å². The fourth-order valence-electron chi connectivity index (χ4n) is 1.50. The number of methoxy groups -OCH3 is 1. The molecule has 0 aliphatic heterocycles.